The molecule has 12 nitrogen and oxygen atoms in total. The molecular weight excluding hydrogens is 708 g/mol. The van der Waals surface area contributed by atoms with E-state index in [9.17, 15) is 22.0 Å². The number of anilines is 6. The molecule has 0 bridgehead atoms. The molecule has 2 atom stereocenters. The van der Waals surface area contributed by atoms with Crippen LogP contribution >= 0.6 is 11.6 Å². The van der Waals surface area contributed by atoms with Gasteiger partial charge in [0.15, 0.2) is 11.6 Å². The van der Waals surface area contributed by atoms with E-state index < -0.39 is 21.6 Å². The van der Waals surface area contributed by atoms with Crippen molar-refractivity contribution >= 4 is 67.8 Å². The maximum Gasteiger partial charge on any atom is 0.249 e. The van der Waals surface area contributed by atoms with Crippen molar-refractivity contribution in [1.82, 2.24) is 24.9 Å². The number of hydrogen-bond donors (Lipinski definition) is 3. The van der Waals surface area contributed by atoms with E-state index in [1.807, 2.05) is 6.07 Å². The molecule has 8 rings (SSSR count). The topological polar surface area (TPSA) is 149 Å². The number of aryl methyl sites for hydroxylation is 2. The number of hydrogen-bond acceptors (Lipinski definition) is 11. The number of nitrogens with zero attached hydrogens (tertiary/aromatic N) is 6. The van der Waals surface area contributed by atoms with Crippen molar-refractivity contribution in [3.8, 4) is 0 Å². The molecule has 2 unspecified atom stereocenters. The zero-order valence-corrected chi connectivity index (χ0v) is 28.8. The second-order valence-electron chi connectivity index (χ2n) is 11.5. The molecule has 17 heteroatoms. The third kappa shape index (κ3) is 7.51. The van der Waals surface area contributed by atoms with Crippen molar-refractivity contribution < 1.29 is 17.2 Å². The average molecular weight is 738 g/mol. The van der Waals surface area contributed by atoms with Crippen molar-refractivity contribution in [3.05, 3.63) is 106 Å². The van der Waals surface area contributed by atoms with Crippen molar-refractivity contribution in [1.29, 1.82) is 0 Å². The summed E-state index contributed by atoms with van der Waals surface area (Å²) in [4.78, 5) is 37.1. The third-order valence-electron chi connectivity index (χ3n) is 8.20. The van der Waals surface area contributed by atoms with E-state index in [2.05, 4.69) is 40.4 Å². The summed E-state index contributed by atoms with van der Waals surface area (Å²) < 4.78 is 51.2. The molecule has 3 aliphatic rings. The van der Waals surface area contributed by atoms with Gasteiger partial charge in [-0.3, -0.25) is 13.2 Å². The molecule has 3 aliphatic heterocycles. The Hall–Kier alpha value is -4.80. The fourth-order valence-electron chi connectivity index (χ4n) is 5.86. The van der Waals surface area contributed by atoms with Gasteiger partial charge in [-0.25, -0.2) is 18.7 Å². The number of H-pyrrole nitrogens is 1. The first-order chi connectivity index (χ1) is 24.2. The van der Waals surface area contributed by atoms with Crippen LogP contribution in [0.1, 0.15) is 11.4 Å². The first-order valence-electron chi connectivity index (χ1n) is 15.7. The molecule has 3 aromatic heterocycles. The zero-order chi connectivity index (χ0) is 34.8. The number of nitrogens with one attached hydrogen (secondary N) is 3. The minimum atomic E-state index is -1.18. The van der Waals surface area contributed by atoms with Crippen LogP contribution in [0.25, 0.3) is 0 Å². The van der Waals surface area contributed by atoms with Crippen LogP contribution in [0.5, 0.6) is 0 Å². The molecule has 3 N–H and O–H groups in total. The Morgan fingerprint density at radius 3 is 1.86 bits per heavy atom. The van der Waals surface area contributed by atoms with Gasteiger partial charge in [0.2, 0.25) is 16.8 Å². The molecule has 50 heavy (non-hydrogen) atoms. The summed E-state index contributed by atoms with van der Waals surface area (Å²) in [6.07, 6.45) is 2.89. The van der Waals surface area contributed by atoms with Crippen LogP contribution < -0.4 is 26.0 Å². The molecule has 6 heterocycles. The Balaban J connectivity index is 0.000000176. The van der Waals surface area contributed by atoms with E-state index >= 15 is 0 Å². The van der Waals surface area contributed by atoms with Crippen molar-refractivity contribution in [2.75, 3.05) is 58.1 Å². The maximum absolute atomic E-state index is 13.6. The monoisotopic (exact) mass is 737 g/mol. The first kappa shape index (κ1) is 33.7. The van der Waals surface area contributed by atoms with Gasteiger partial charge >= 0.3 is 0 Å². The van der Waals surface area contributed by atoms with E-state index in [0.717, 1.165) is 24.5 Å². The Labute approximate surface area is 295 Å². The second kappa shape index (κ2) is 14.6. The van der Waals surface area contributed by atoms with Gasteiger partial charge in [-0.15, -0.1) is 0 Å². The molecule has 0 aliphatic carbocycles. The quantitative estimate of drug-likeness (QED) is 0.208. The highest BCUT2D eigenvalue weighted by Gasteiger charge is 2.29. The lowest BCUT2D eigenvalue weighted by atomic mass is 10.2. The Kier molecular flexibility index (Phi) is 9.83. The third-order valence-corrected chi connectivity index (χ3v) is 11.3. The van der Waals surface area contributed by atoms with Crippen LogP contribution in [0.4, 0.5) is 43.4 Å². The predicted molar refractivity (Wildman–Crippen MR) is 190 cm³/mol. The molecule has 1 fully saturated rings. The maximum atomic E-state index is 13.6. The van der Waals surface area contributed by atoms with Crippen LogP contribution in [0.2, 0.25) is 5.28 Å². The van der Waals surface area contributed by atoms with Gasteiger partial charge in [0.1, 0.15) is 21.4 Å². The second-order valence-corrected chi connectivity index (χ2v) is 14.9. The molecule has 258 valence electrons. The molecule has 1 saturated heterocycles. The summed E-state index contributed by atoms with van der Waals surface area (Å²) >= 11 is 5.84. The minimum absolute atomic E-state index is 0.0940. The van der Waals surface area contributed by atoms with E-state index in [-0.39, 0.29) is 22.5 Å². The van der Waals surface area contributed by atoms with Gasteiger partial charge in [-0.05, 0) is 54.1 Å². The summed E-state index contributed by atoms with van der Waals surface area (Å²) in [6.45, 7) is 2.83. The molecule has 0 spiro atoms. The van der Waals surface area contributed by atoms with Crippen molar-refractivity contribution in [2.45, 2.75) is 22.6 Å². The average Bonchev–Trinajstić information content (AvgIpc) is 3.67. The Morgan fingerprint density at radius 1 is 0.720 bits per heavy atom. The standard InChI is InChI=1S/C21H21FN6O2S.C12H9ClFN3OS/c22-14-2-1-3-15(12-14)24-20-19-17(5-11-31(19)30)25-21(26-20)28-9-7-27(8-10-28)16-4-6-23-18(29)13-16;13-12-16-9-4-5-19(18)10(9)11(17-12)15-8-3-1-2-7(14)6-8/h1-4,6,12-13H,5,7-11H2,(H,23,29)(H,24,25,26);1-3,6H,4-5H2,(H,15,16,17). The lowest BCUT2D eigenvalue weighted by molar-refractivity contribution is 0.628. The molecule has 5 aromatic rings. The van der Waals surface area contributed by atoms with Gasteiger partial charge in [-0.2, -0.15) is 9.97 Å². The van der Waals surface area contributed by atoms with Crippen LogP contribution in [0, 0.1) is 11.6 Å². The number of fused-ring (bicyclic) bond motifs is 2. The predicted octanol–water partition coefficient (Wildman–Crippen LogP) is 4.71. The normalized spacial score (nSPS) is 17.8. The van der Waals surface area contributed by atoms with Gasteiger partial charge in [0, 0.05) is 79.9 Å². The lowest BCUT2D eigenvalue weighted by Gasteiger charge is -2.36. The highest BCUT2D eigenvalue weighted by atomic mass is 35.5. The van der Waals surface area contributed by atoms with E-state index in [0.29, 0.717) is 81.9 Å². The number of aromatic nitrogens is 5. The number of halogens is 3. The van der Waals surface area contributed by atoms with Gasteiger partial charge < -0.3 is 25.4 Å². The van der Waals surface area contributed by atoms with Crippen LogP contribution in [0.15, 0.2) is 81.4 Å². The highest BCUT2D eigenvalue weighted by Crippen LogP contribution is 2.33. The number of benzene rings is 2. The van der Waals surface area contributed by atoms with Crippen LogP contribution in [0.3, 0.4) is 0 Å². The Morgan fingerprint density at radius 2 is 1.28 bits per heavy atom. The molecule has 0 radical (unpaired) electrons. The SMILES string of the molecule is O=S1CCc2nc(Cl)nc(Nc3cccc(F)c3)c21.O=c1cc(N2CCN(c3nc4c(c(Nc5cccc(F)c5)n3)S(=O)CC4)CC2)cc[nH]1. The summed E-state index contributed by atoms with van der Waals surface area (Å²) in [7, 11) is -2.31. The Bertz CT molecular complexity index is 2180. The summed E-state index contributed by atoms with van der Waals surface area (Å²) in [5.74, 6) is 1.75. The number of rotatable bonds is 6. The fourth-order valence-corrected chi connectivity index (χ4v) is 8.66. The minimum Gasteiger partial charge on any atom is -0.368 e. The smallest absolute Gasteiger partial charge is 0.249 e. The van der Waals surface area contributed by atoms with Crippen molar-refractivity contribution in [3.63, 3.8) is 0 Å². The molecular formula is C33H30ClF2N9O3S2. The fraction of sp³-hybridized carbons (Fsp3) is 0.242. The number of pyridine rings is 1. The highest BCUT2D eigenvalue weighted by molar-refractivity contribution is 7.85. The zero-order valence-electron chi connectivity index (χ0n) is 26.4. The first-order valence-corrected chi connectivity index (χ1v) is 18.7. The van der Waals surface area contributed by atoms with Crippen molar-refractivity contribution in [2.24, 2.45) is 0 Å². The number of aromatic amines is 1. The van der Waals surface area contributed by atoms with E-state index in [1.165, 1.54) is 24.3 Å². The lowest BCUT2D eigenvalue weighted by Crippen LogP contribution is -2.47. The van der Waals surface area contributed by atoms with E-state index in [4.69, 9.17) is 16.6 Å². The largest absolute Gasteiger partial charge is 0.368 e. The van der Waals surface area contributed by atoms with Gasteiger partial charge in [-0.1, -0.05) is 12.1 Å². The van der Waals surface area contributed by atoms with E-state index in [1.54, 1.807) is 36.5 Å². The van der Waals surface area contributed by atoms with Crippen LogP contribution in [-0.4, -0.2) is 71.0 Å². The summed E-state index contributed by atoms with van der Waals surface area (Å²) in [5, 5.41) is 6.18. The molecule has 2 aromatic carbocycles. The molecule has 0 saturated carbocycles. The summed E-state index contributed by atoms with van der Waals surface area (Å²) in [5.41, 5.74) is 3.32. The molecule has 0 amide bonds. The number of piperazine rings is 1. The van der Waals surface area contributed by atoms with Gasteiger partial charge in [0.05, 0.1) is 33.0 Å². The van der Waals surface area contributed by atoms with Gasteiger partial charge in [0.25, 0.3) is 0 Å². The van der Waals surface area contributed by atoms with Crippen LogP contribution in [-0.2, 0) is 34.4 Å². The summed E-state index contributed by atoms with van der Waals surface area (Å²) in [6, 6.07) is 15.6.